The van der Waals surface area contributed by atoms with Gasteiger partial charge in [0.15, 0.2) is 5.82 Å². The van der Waals surface area contributed by atoms with Gasteiger partial charge in [0.05, 0.1) is 5.69 Å². The number of pyridine rings is 1. The number of benzene rings is 4. The van der Waals surface area contributed by atoms with Gasteiger partial charge in [-0.25, -0.2) is 9.97 Å². The lowest BCUT2D eigenvalue weighted by atomic mass is 9.97. The minimum atomic E-state index is 0.739. The zero-order valence-electron chi connectivity index (χ0n) is 19.4. The van der Waals surface area contributed by atoms with Gasteiger partial charge in [-0.1, -0.05) is 91.0 Å². The van der Waals surface area contributed by atoms with E-state index in [4.69, 9.17) is 9.97 Å². The van der Waals surface area contributed by atoms with E-state index >= 15 is 0 Å². The van der Waals surface area contributed by atoms with Crippen LogP contribution in [0.4, 0.5) is 0 Å². The largest absolute Gasteiger partial charge is 0.265 e. The molecule has 166 valence electrons. The molecule has 0 spiro atoms. The molecular weight excluding hydrogens is 426 g/mol. The maximum atomic E-state index is 4.91. The van der Waals surface area contributed by atoms with Crippen LogP contribution in [0.25, 0.3) is 55.7 Å². The molecule has 2 heterocycles. The highest BCUT2D eigenvalue weighted by atomic mass is 14.9. The monoisotopic (exact) mass is 449 g/mol. The molecule has 0 saturated carbocycles. The quantitative estimate of drug-likeness (QED) is 0.274. The summed E-state index contributed by atoms with van der Waals surface area (Å²) in [6.45, 7) is 2.02. The first-order chi connectivity index (χ1) is 17.2. The number of hydrogen-bond donors (Lipinski definition) is 0. The van der Waals surface area contributed by atoms with Gasteiger partial charge >= 0.3 is 0 Å². The number of rotatable bonds is 4. The number of hydrogen-bond acceptors (Lipinski definition) is 3. The average molecular weight is 450 g/mol. The molecule has 6 aromatic rings. The molecule has 0 N–H and O–H groups in total. The van der Waals surface area contributed by atoms with E-state index in [1.165, 1.54) is 21.9 Å². The summed E-state index contributed by atoms with van der Waals surface area (Å²) in [6.07, 6.45) is 3.63. The van der Waals surface area contributed by atoms with Crippen molar-refractivity contribution in [2.45, 2.75) is 6.92 Å². The first-order valence-corrected chi connectivity index (χ1v) is 11.7. The van der Waals surface area contributed by atoms with Crippen LogP contribution in [0.3, 0.4) is 0 Å². The Labute approximate surface area is 204 Å². The summed E-state index contributed by atoms with van der Waals surface area (Å²) in [5.41, 5.74) is 8.67. The molecule has 35 heavy (non-hydrogen) atoms. The Kier molecular flexibility index (Phi) is 5.36. The van der Waals surface area contributed by atoms with E-state index in [9.17, 15) is 0 Å². The fourth-order valence-electron chi connectivity index (χ4n) is 4.50. The summed E-state index contributed by atoms with van der Waals surface area (Å²) in [7, 11) is 0. The van der Waals surface area contributed by atoms with Gasteiger partial charge in [0.1, 0.15) is 0 Å². The minimum absolute atomic E-state index is 0.739. The molecule has 0 radical (unpaired) electrons. The molecule has 0 unspecified atom stereocenters. The predicted molar refractivity (Wildman–Crippen MR) is 144 cm³/mol. The van der Waals surface area contributed by atoms with E-state index < -0.39 is 0 Å². The van der Waals surface area contributed by atoms with E-state index in [0.717, 1.165) is 39.5 Å². The fraction of sp³-hybridized carbons (Fsp3) is 0.0312. The van der Waals surface area contributed by atoms with Crippen LogP contribution in [-0.2, 0) is 0 Å². The lowest BCUT2D eigenvalue weighted by Gasteiger charge is -2.10. The van der Waals surface area contributed by atoms with E-state index in [-0.39, 0.29) is 0 Å². The Morgan fingerprint density at radius 2 is 1.14 bits per heavy atom. The first kappa shape index (κ1) is 20.9. The molecule has 4 aromatic carbocycles. The van der Waals surface area contributed by atoms with Crippen LogP contribution in [0.15, 0.2) is 122 Å². The number of fused-ring (bicyclic) bond motifs is 1. The van der Waals surface area contributed by atoms with Gasteiger partial charge in [0.25, 0.3) is 0 Å². The highest BCUT2D eigenvalue weighted by Gasteiger charge is 2.09. The smallest absolute Gasteiger partial charge is 0.160 e. The Bertz CT molecular complexity index is 1620. The highest BCUT2D eigenvalue weighted by molar-refractivity contribution is 5.96. The van der Waals surface area contributed by atoms with E-state index in [2.05, 4.69) is 96.0 Å². The molecule has 0 aliphatic carbocycles. The average Bonchev–Trinajstić information content (AvgIpc) is 2.93. The summed E-state index contributed by atoms with van der Waals surface area (Å²) in [5, 5.41) is 2.50. The third kappa shape index (κ3) is 4.20. The molecule has 0 aliphatic rings. The molecule has 0 aliphatic heterocycles. The molecular formula is C32H23N3. The Hall–Kier alpha value is -4.63. The molecule has 0 bridgehead atoms. The minimum Gasteiger partial charge on any atom is -0.265 e. The first-order valence-electron chi connectivity index (χ1n) is 11.7. The van der Waals surface area contributed by atoms with Crippen LogP contribution < -0.4 is 0 Å². The predicted octanol–water partition coefficient (Wildman–Crippen LogP) is 8.00. The maximum absolute atomic E-state index is 4.91. The second-order valence-electron chi connectivity index (χ2n) is 8.64. The van der Waals surface area contributed by atoms with Gasteiger partial charge in [-0.05, 0) is 58.1 Å². The lowest BCUT2D eigenvalue weighted by molar-refractivity contribution is 1.12. The van der Waals surface area contributed by atoms with Crippen molar-refractivity contribution in [3.05, 3.63) is 127 Å². The number of aromatic nitrogens is 3. The molecule has 3 nitrogen and oxygen atoms in total. The van der Waals surface area contributed by atoms with Gasteiger partial charge in [-0.2, -0.15) is 0 Å². The zero-order valence-corrected chi connectivity index (χ0v) is 19.4. The fourth-order valence-corrected chi connectivity index (χ4v) is 4.50. The molecule has 0 fully saturated rings. The van der Waals surface area contributed by atoms with Crippen LogP contribution in [0, 0.1) is 6.92 Å². The SMILES string of the molecule is Cc1cc(-c2ccc(-c3ccncc3)cc2)nc(-c2ccc(-c3cccc4ccccc34)cc2)n1. The van der Waals surface area contributed by atoms with E-state index in [1.807, 2.05) is 37.5 Å². The number of aryl methyl sites for hydroxylation is 1. The summed E-state index contributed by atoms with van der Waals surface area (Å²) in [6, 6.07) is 38.0. The molecule has 0 saturated heterocycles. The summed E-state index contributed by atoms with van der Waals surface area (Å²) in [5.74, 6) is 0.739. The Morgan fingerprint density at radius 1 is 0.514 bits per heavy atom. The van der Waals surface area contributed by atoms with E-state index in [1.54, 1.807) is 0 Å². The highest BCUT2D eigenvalue weighted by Crippen LogP contribution is 2.31. The molecule has 0 atom stereocenters. The third-order valence-corrected chi connectivity index (χ3v) is 6.29. The summed E-state index contributed by atoms with van der Waals surface area (Å²) in [4.78, 5) is 13.7. The van der Waals surface area contributed by atoms with Crippen LogP contribution in [0.2, 0.25) is 0 Å². The van der Waals surface area contributed by atoms with E-state index in [0.29, 0.717) is 0 Å². The van der Waals surface area contributed by atoms with Crippen LogP contribution in [0.5, 0.6) is 0 Å². The summed E-state index contributed by atoms with van der Waals surface area (Å²) < 4.78 is 0. The van der Waals surface area contributed by atoms with Gasteiger partial charge in [0.2, 0.25) is 0 Å². The van der Waals surface area contributed by atoms with Crippen LogP contribution in [-0.4, -0.2) is 15.0 Å². The van der Waals surface area contributed by atoms with Crippen molar-refractivity contribution in [3.63, 3.8) is 0 Å². The zero-order chi connectivity index (χ0) is 23.6. The standard InChI is InChI=1S/C32H23N3/c1-22-21-31(27-13-9-23(10-14-27)24-17-19-33-20-18-24)35-32(34-22)28-15-11-26(12-16-28)30-8-4-6-25-5-2-3-7-29(25)30/h2-21H,1H3. The van der Waals surface area contributed by atoms with Gasteiger partial charge in [-0.3, -0.25) is 4.98 Å². The summed E-state index contributed by atoms with van der Waals surface area (Å²) >= 11 is 0. The normalized spacial score (nSPS) is 11.0. The molecule has 6 rings (SSSR count). The topological polar surface area (TPSA) is 38.7 Å². The van der Waals surface area contributed by atoms with Crippen molar-refractivity contribution in [2.24, 2.45) is 0 Å². The second kappa shape index (κ2) is 8.96. The van der Waals surface area contributed by atoms with Gasteiger partial charge in [-0.15, -0.1) is 0 Å². The van der Waals surface area contributed by atoms with Crippen molar-refractivity contribution in [3.8, 4) is 44.9 Å². The van der Waals surface area contributed by atoms with Crippen molar-refractivity contribution in [1.29, 1.82) is 0 Å². The van der Waals surface area contributed by atoms with Crippen LogP contribution >= 0.6 is 0 Å². The number of nitrogens with zero attached hydrogens (tertiary/aromatic N) is 3. The van der Waals surface area contributed by atoms with Crippen molar-refractivity contribution >= 4 is 10.8 Å². The Balaban J connectivity index is 1.33. The maximum Gasteiger partial charge on any atom is 0.160 e. The second-order valence-corrected chi connectivity index (χ2v) is 8.64. The van der Waals surface area contributed by atoms with Crippen molar-refractivity contribution in [1.82, 2.24) is 15.0 Å². The molecule has 0 amide bonds. The van der Waals surface area contributed by atoms with Gasteiger partial charge in [0, 0.05) is 29.2 Å². The van der Waals surface area contributed by atoms with Gasteiger partial charge < -0.3 is 0 Å². The Morgan fingerprint density at radius 3 is 1.94 bits per heavy atom. The van der Waals surface area contributed by atoms with Crippen LogP contribution in [0.1, 0.15) is 5.69 Å². The molecule has 2 aromatic heterocycles. The lowest BCUT2D eigenvalue weighted by Crippen LogP contribution is -1.95. The molecule has 3 heteroatoms. The van der Waals surface area contributed by atoms with Crippen molar-refractivity contribution < 1.29 is 0 Å². The third-order valence-electron chi connectivity index (χ3n) is 6.29. The van der Waals surface area contributed by atoms with Crippen molar-refractivity contribution in [2.75, 3.05) is 0 Å².